The number of nitrogens with one attached hydrogen (secondary N) is 1. The molecule has 4 atom stereocenters. The van der Waals surface area contributed by atoms with E-state index in [4.69, 9.17) is 5.11 Å². The fraction of sp³-hybridized carbons (Fsp3) is 0.958. The van der Waals surface area contributed by atoms with E-state index in [1.54, 1.807) is 0 Å². The first-order valence-electron chi connectivity index (χ1n) is 12.6. The van der Waals surface area contributed by atoms with Gasteiger partial charge in [0.1, 0.15) is 18.3 Å². The van der Waals surface area contributed by atoms with E-state index in [-0.39, 0.29) is 0 Å². The fourth-order valence-corrected chi connectivity index (χ4v) is 3.67. The van der Waals surface area contributed by atoms with Crippen LogP contribution in [0.15, 0.2) is 0 Å². The SMILES string of the molecule is CCCCCCCCCCCCCCCCCCNC(=O)[C@H](O)[C@@H](O)[C@H](O)[C@H](O)CO. The van der Waals surface area contributed by atoms with Crippen molar-refractivity contribution >= 4 is 5.91 Å². The zero-order chi connectivity index (χ0) is 23.3. The third kappa shape index (κ3) is 16.5. The van der Waals surface area contributed by atoms with Gasteiger partial charge in [-0.3, -0.25) is 4.79 Å². The first-order valence-corrected chi connectivity index (χ1v) is 12.6. The van der Waals surface area contributed by atoms with E-state index >= 15 is 0 Å². The number of carbonyl (C=O) groups is 1. The number of aliphatic hydroxyl groups is 5. The molecule has 1 amide bonds. The summed E-state index contributed by atoms with van der Waals surface area (Å²) in [5.74, 6) is -0.794. The Balaban J connectivity index is 3.45. The normalized spacial score (nSPS) is 15.4. The third-order valence-electron chi connectivity index (χ3n) is 5.85. The Morgan fingerprint density at radius 3 is 1.42 bits per heavy atom. The average Bonchev–Trinajstić information content (AvgIpc) is 2.78. The van der Waals surface area contributed by atoms with Gasteiger partial charge in [0, 0.05) is 6.54 Å². The zero-order valence-electron chi connectivity index (χ0n) is 19.7. The monoisotopic (exact) mass is 447 g/mol. The minimum atomic E-state index is -1.85. The van der Waals surface area contributed by atoms with Crippen LogP contribution in [0.2, 0.25) is 0 Å². The quantitative estimate of drug-likeness (QED) is 0.142. The number of hydrogen-bond donors (Lipinski definition) is 6. The standard InChI is InChI=1S/C24H49NO6/c1-2-3-4-5-6-7-8-9-10-11-12-13-14-15-16-17-18-25-24(31)23(30)22(29)21(28)20(27)19-26/h20-23,26-30H,2-19H2,1H3,(H,25,31)/t20-,21-,22+,23-/m1/s1. The molecule has 0 fully saturated rings. The molecule has 0 aliphatic carbocycles. The molecule has 7 nitrogen and oxygen atoms in total. The van der Waals surface area contributed by atoms with Crippen molar-refractivity contribution in [2.45, 2.75) is 134 Å². The second-order valence-electron chi connectivity index (χ2n) is 8.77. The Morgan fingerprint density at radius 2 is 1.03 bits per heavy atom. The average molecular weight is 448 g/mol. The highest BCUT2D eigenvalue weighted by Crippen LogP contribution is 2.13. The molecule has 0 aromatic rings. The topological polar surface area (TPSA) is 130 Å². The molecule has 0 aromatic heterocycles. The van der Waals surface area contributed by atoms with E-state index in [2.05, 4.69) is 12.2 Å². The van der Waals surface area contributed by atoms with Crippen LogP contribution in [0.1, 0.15) is 110 Å². The van der Waals surface area contributed by atoms with Gasteiger partial charge in [-0.25, -0.2) is 0 Å². The van der Waals surface area contributed by atoms with Crippen molar-refractivity contribution in [3.05, 3.63) is 0 Å². The van der Waals surface area contributed by atoms with Crippen LogP contribution in [0.25, 0.3) is 0 Å². The summed E-state index contributed by atoms with van der Waals surface area (Å²) < 4.78 is 0. The van der Waals surface area contributed by atoms with Gasteiger partial charge in [-0.15, -0.1) is 0 Å². The minimum absolute atomic E-state index is 0.389. The van der Waals surface area contributed by atoms with E-state index in [0.29, 0.717) is 6.54 Å². The molecule has 0 saturated heterocycles. The zero-order valence-corrected chi connectivity index (χ0v) is 19.7. The van der Waals surface area contributed by atoms with Crippen LogP contribution in [-0.4, -0.2) is 69.0 Å². The van der Waals surface area contributed by atoms with E-state index in [0.717, 1.165) is 19.3 Å². The predicted octanol–water partition coefficient (Wildman–Crippen LogP) is 2.80. The predicted molar refractivity (Wildman–Crippen MR) is 124 cm³/mol. The Labute approximate surface area is 189 Å². The minimum Gasteiger partial charge on any atom is -0.394 e. The van der Waals surface area contributed by atoms with Crippen molar-refractivity contribution in [3.8, 4) is 0 Å². The van der Waals surface area contributed by atoms with Gasteiger partial charge in [0.05, 0.1) is 6.61 Å². The number of aliphatic hydroxyl groups excluding tert-OH is 5. The van der Waals surface area contributed by atoms with Crippen molar-refractivity contribution in [2.24, 2.45) is 0 Å². The van der Waals surface area contributed by atoms with Gasteiger partial charge < -0.3 is 30.8 Å². The van der Waals surface area contributed by atoms with Crippen LogP contribution in [0.3, 0.4) is 0 Å². The highest BCUT2D eigenvalue weighted by Gasteiger charge is 2.33. The molecule has 0 unspecified atom stereocenters. The molecular formula is C24H49NO6. The summed E-state index contributed by atoms with van der Waals surface area (Å²) in [4.78, 5) is 11.8. The van der Waals surface area contributed by atoms with Gasteiger partial charge in [-0.2, -0.15) is 0 Å². The van der Waals surface area contributed by atoms with Crippen LogP contribution in [0.4, 0.5) is 0 Å². The van der Waals surface area contributed by atoms with Crippen molar-refractivity contribution in [1.82, 2.24) is 5.32 Å². The highest BCUT2D eigenvalue weighted by atomic mass is 16.4. The number of carbonyl (C=O) groups excluding carboxylic acids is 1. The largest absolute Gasteiger partial charge is 0.394 e. The van der Waals surface area contributed by atoms with Crippen LogP contribution in [0.5, 0.6) is 0 Å². The maximum atomic E-state index is 11.8. The lowest BCUT2D eigenvalue weighted by atomic mass is 10.0. The molecular weight excluding hydrogens is 398 g/mol. The molecule has 0 aromatic carbocycles. The highest BCUT2D eigenvalue weighted by molar-refractivity contribution is 5.81. The number of rotatable bonds is 22. The van der Waals surface area contributed by atoms with Gasteiger partial charge in [-0.1, -0.05) is 103 Å². The number of unbranched alkanes of at least 4 members (excludes halogenated alkanes) is 15. The van der Waals surface area contributed by atoms with E-state index < -0.39 is 36.9 Å². The van der Waals surface area contributed by atoms with Crippen molar-refractivity contribution in [1.29, 1.82) is 0 Å². The molecule has 0 saturated carbocycles. The van der Waals surface area contributed by atoms with E-state index in [1.165, 1.54) is 83.5 Å². The van der Waals surface area contributed by atoms with Crippen molar-refractivity contribution in [2.75, 3.05) is 13.2 Å². The van der Waals surface area contributed by atoms with Gasteiger partial charge in [-0.05, 0) is 6.42 Å². The second kappa shape index (κ2) is 21.1. The number of amides is 1. The maximum absolute atomic E-state index is 11.8. The van der Waals surface area contributed by atoms with Crippen LogP contribution in [0, 0.1) is 0 Å². The first kappa shape index (κ1) is 30.3. The molecule has 0 radical (unpaired) electrons. The molecule has 0 bridgehead atoms. The molecule has 0 heterocycles. The smallest absolute Gasteiger partial charge is 0.251 e. The van der Waals surface area contributed by atoms with Crippen LogP contribution >= 0.6 is 0 Å². The molecule has 7 heteroatoms. The number of hydrogen-bond acceptors (Lipinski definition) is 6. The lowest BCUT2D eigenvalue weighted by Gasteiger charge is -2.24. The summed E-state index contributed by atoms with van der Waals surface area (Å²) in [6.07, 6.45) is 13.2. The Morgan fingerprint density at radius 1 is 0.645 bits per heavy atom. The molecule has 186 valence electrons. The fourth-order valence-electron chi connectivity index (χ4n) is 3.67. The Kier molecular flexibility index (Phi) is 20.6. The van der Waals surface area contributed by atoms with Crippen LogP contribution < -0.4 is 5.32 Å². The molecule has 0 aliphatic heterocycles. The van der Waals surface area contributed by atoms with Gasteiger partial charge in [0.25, 0.3) is 5.91 Å². The molecule has 0 rings (SSSR count). The first-order chi connectivity index (χ1) is 15.0. The summed E-state index contributed by atoms with van der Waals surface area (Å²) in [5, 5.41) is 49.4. The van der Waals surface area contributed by atoms with Crippen molar-refractivity contribution < 1.29 is 30.3 Å². The van der Waals surface area contributed by atoms with Crippen molar-refractivity contribution in [3.63, 3.8) is 0 Å². The summed E-state index contributed by atoms with van der Waals surface area (Å²) in [6, 6.07) is 0. The summed E-state index contributed by atoms with van der Waals surface area (Å²) in [7, 11) is 0. The summed E-state index contributed by atoms with van der Waals surface area (Å²) in [6.45, 7) is 1.87. The van der Waals surface area contributed by atoms with Gasteiger partial charge in [0.2, 0.25) is 0 Å². The molecule has 6 N–H and O–H groups in total. The van der Waals surface area contributed by atoms with E-state index in [1.807, 2.05) is 0 Å². The maximum Gasteiger partial charge on any atom is 0.251 e. The van der Waals surface area contributed by atoms with Crippen LogP contribution in [-0.2, 0) is 4.79 Å². The van der Waals surface area contributed by atoms with Gasteiger partial charge >= 0.3 is 0 Å². The molecule has 0 aliphatic rings. The third-order valence-corrected chi connectivity index (χ3v) is 5.85. The summed E-state index contributed by atoms with van der Waals surface area (Å²) >= 11 is 0. The van der Waals surface area contributed by atoms with E-state index in [9.17, 15) is 25.2 Å². The lowest BCUT2D eigenvalue weighted by Crippen LogP contribution is -2.51. The Hall–Kier alpha value is -0.730. The summed E-state index contributed by atoms with van der Waals surface area (Å²) in [5.41, 5.74) is 0. The van der Waals surface area contributed by atoms with Gasteiger partial charge in [0.15, 0.2) is 6.10 Å². The molecule has 31 heavy (non-hydrogen) atoms. The molecule has 0 spiro atoms. The second-order valence-corrected chi connectivity index (χ2v) is 8.77. The lowest BCUT2D eigenvalue weighted by molar-refractivity contribution is -0.148. The Bertz CT molecular complexity index is 410.